The van der Waals surface area contributed by atoms with Crippen LogP contribution >= 0.6 is 0 Å². The molecule has 0 unspecified atom stereocenters. The molecule has 0 saturated heterocycles. The maximum Gasteiger partial charge on any atom is 0.341 e. The Kier molecular flexibility index (Phi) is 6.72. The van der Waals surface area contributed by atoms with Gasteiger partial charge in [-0.1, -0.05) is 12.1 Å². The molecule has 9 heteroatoms. The monoisotopic (exact) mass is 361 g/mol. The van der Waals surface area contributed by atoms with Crippen molar-refractivity contribution < 1.29 is 28.9 Å². The first-order chi connectivity index (χ1) is 12.5. The highest BCUT2D eigenvalue weighted by Gasteiger charge is 2.20. The van der Waals surface area contributed by atoms with Gasteiger partial charge in [0.25, 0.3) is 5.91 Å². The highest BCUT2D eigenvalue weighted by Crippen LogP contribution is 2.23. The van der Waals surface area contributed by atoms with Gasteiger partial charge < -0.3 is 24.6 Å². The lowest BCUT2D eigenvalue weighted by Crippen LogP contribution is -2.27. The fourth-order valence-electron chi connectivity index (χ4n) is 2.16. The second-order valence-corrected chi connectivity index (χ2v) is 5.10. The van der Waals surface area contributed by atoms with Gasteiger partial charge in [0, 0.05) is 6.54 Å². The number of carboxylic acid groups (broad SMARTS) is 1. The van der Waals surface area contributed by atoms with Crippen LogP contribution in [0.25, 0.3) is 0 Å². The molecule has 138 valence electrons. The Bertz CT molecular complexity index is 741. The third kappa shape index (κ3) is 5.07. The summed E-state index contributed by atoms with van der Waals surface area (Å²) < 4.78 is 15.2. The Balaban J connectivity index is 1.92. The van der Waals surface area contributed by atoms with E-state index < -0.39 is 18.5 Å². The minimum atomic E-state index is -1.03. The molecule has 0 radical (unpaired) electrons. The normalized spacial score (nSPS) is 10.1. The fraction of sp³-hybridized carbons (Fsp3) is 0.294. The predicted octanol–water partition coefficient (Wildman–Crippen LogP) is 0.930. The third-order valence-electron chi connectivity index (χ3n) is 3.38. The maximum atomic E-state index is 12.4. The van der Waals surface area contributed by atoms with E-state index in [0.717, 1.165) is 5.56 Å². The first kappa shape index (κ1) is 19.0. The lowest BCUT2D eigenvalue weighted by molar-refractivity contribution is -0.139. The molecular weight excluding hydrogens is 342 g/mol. The summed E-state index contributed by atoms with van der Waals surface area (Å²) in [5.41, 5.74) is 1.09. The van der Waals surface area contributed by atoms with E-state index >= 15 is 0 Å². The first-order valence-electron chi connectivity index (χ1n) is 7.70. The van der Waals surface area contributed by atoms with Crippen molar-refractivity contribution >= 4 is 11.9 Å². The van der Waals surface area contributed by atoms with Crippen molar-refractivity contribution in [3.05, 3.63) is 41.7 Å². The Morgan fingerprint density at radius 1 is 1.08 bits per heavy atom. The van der Waals surface area contributed by atoms with Gasteiger partial charge in [-0.3, -0.25) is 4.79 Å². The van der Waals surface area contributed by atoms with E-state index in [1.807, 2.05) is 0 Å². The molecule has 1 amide bonds. The summed E-state index contributed by atoms with van der Waals surface area (Å²) in [7, 11) is 2.82. The molecule has 0 spiro atoms. The summed E-state index contributed by atoms with van der Waals surface area (Å²) in [5, 5.41) is 11.3. The smallest absolute Gasteiger partial charge is 0.341 e. The molecule has 9 nitrogen and oxygen atoms in total. The van der Waals surface area contributed by atoms with Crippen molar-refractivity contribution in [1.29, 1.82) is 0 Å². The van der Waals surface area contributed by atoms with E-state index in [1.165, 1.54) is 20.5 Å². The number of carbonyl (C=O) groups is 2. The number of hydrogen-bond acceptors (Lipinski definition) is 7. The summed E-state index contributed by atoms with van der Waals surface area (Å²) in [5.74, 6) is -0.701. The van der Waals surface area contributed by atoms with Crippen LogP contribution < -0.4 is 19.5 Å². The number of amides is 1. The zero-order chi connectivity index (χ0) is 18.9. The molecule has 0 saturated carbocycles. The summed E-state index contributed by atoms with van der Waals surface area (Å²) in [6.45, 7) is -0.0203. The second-order valence-electron chi connectivity index (χ2n) is 5.10. The minimum absolute atomic E-state index is 0.134. The summed E-state index contributed by atoms with van der Waals surface area (Å²) in [6, 6.07) is 6.96. The minimum Gasteiger partial charge on any atom is -0.482 e. The Hall–Kier alpha value is -3.36. The molecule has 26 heavy (non-hydrogen) atoms. The maximum absolute atomic E-state index is 12.4. The number of benzene rings is 1. The van der Waals surface area contributed by atoms with Crippen LogP contribution in [0, 0.1) is 0 Å². The number of aromatic nitrogens is 2. The topological polar surface area (TPSA) is 120 Å². The molecule has 1 heterocycles. The zero-order valence-electron chi connectivity index (χ0n) is 14.4. The molecule has 0 aliphatic rings. The van der Waals surface area contributed by atoms with Crippen LogP contribution in [0.3, 0.4) is 0 Å². The van der Waals surface area contributed by atoms with Crippen molar-refractivity contribution in [2.75, 3.05) is 27.4 Å². The van der Waals surface area contributed by atoms with E-state index in [4.69, 9.17) is 19.3 Å². The van der Waals surface area contributed by atoms with Crippen molar-refractivity contribution in [3.8, 4) is 17.5 Å². The largest absolute Gasteiger partial charge is 0.482 e. The average Bonchev–Trinajstić information content (AvgIpc) is 2.66. The van der Waals surface area contributed by atoms with Crippen LogP contribution in [0.2, 0.25) is 0 Å². The first-order valence-corrected chi connectivity index (χ1v) is 7.70. The number of nitrogens with zero attached hydrogens (tertiary/aromatic N) is 2. The number of carbonyl (C=O) groups excluding carboxylic acids is 1. The van der Waals surface area contributed by atoms with Gasteiger partial charge in [0.15, 0.2) is 12.2 Å². The van der Waals surface area contributed by atoms with Crippen molar-refractivity contribution in [2.24, 2.45) is 0 Å². The highest BCUT2D eigenvalue weighted by atomic mass is 16.5. The summed E-state index contributed by atoms with van der Waals surface area (Å²) in [6.07, 6.45) is 1.83. The summed E-state index contributed by atoms with van der Waals surface area (Å²) in [4.78, 5) is 30.6. The molecule has 0 aliphatic heterocycles. The van der Waals surface area contributed by atoms with Gasteiger partial charge in [-0.25, -0.2) is 14.8 Å². The van der Waals surface area contributed by atoms with Gasteiger partial charge in [0.2, 0.25) is 11.8 Å². The number of aliphatic carboxylic acids is 1. The van der Waals surface area contributed by atoms with E-state index in [0.29, 0.717) is 18.7 Å². The molecule has 0 bridgehead atoms. The summed E-state index contributed by atoms with van der Waals surface area (Å²) >= 11 is 0. The van der Waals surface area contributed by atoms with Gasteiger partial charge in [0.1, 0.15) is 12.1 Å². The zero-order valence-corrected chi connectivity index (χ0v) is 14.4. The molecule has 1 aromatic carbocycles. The average molecular weight is 361 g/mol. The van der Waals surface area contributed by atoms with E-state index in [2.05, 4.69) is 15.3 Å². The van der Waals surface area contributed by atoms with Crippen LogP contribution in [0.4, 0.5) is 0 Å². The molecule has 0 aliphatic carbocycles. The van der Waals surface area contributed by atoms with Crippen LogP contribution in [-0.2, 0) is 11.2 Å². The number of ether oxygens (including phenoxy) is 3. The molecule has 1 aromatic heterocycles. The van der Waals surface area contributed by atoms with E-state index in [-0.39, 0.29) is 17.3 Å². The van der Waals surface area contributed by atoms with Crippen LogP contribution in [0.1, 0.15) is 15.9 Å². The number of methoxy groups -OCH3 is 2. The molecule has 2 aromatic rings. The number of nitrogens with one attached hydrogen (secondary N) is 1. The number of hydrogen-bond donors (Lipinski definition) is 2. The van der Waals surface area contributed by atoms with Gasteiger partial charge in [-0.2, -0.15) is 0 Å². The Labute approximate surface area is 149 Å². The van der Waals surface area contributed by atoms with Crippen LogP contribution in [0.5, 0.6) is 17.5 Å². The van der Waals surface area contributed by atoms with E-state index in [1.54, 1.807) is 24.3 Å². The standard InChI is InChI=1S/C17H19N3O6/c1-24-16-14(17(25-2)20-10-19-16)15(23)18-8-7-11-3-5-12(6-4-11)26-9-13(21)22/h3-6,10H,7-9H2,1-2H3,(H,18,23)(H,21,22). The predicted molar refractivity (Wildman–Crippen MR) is 90.7 cm³/mol. The molecule has 0 fully saturated rings. The fourth-order valence-corrected chi connectivity index (χ4v) is 2.16. The Morgan fingerprint density at radius 2 is 1.69 bits per heavy atom. The van der Waals surface area contributed by atoms with Crippen molar-refractivity contribution in [1.82, 2.24) is 15.3 Å². The van der Waals surface area contributed by atoms with Crippen molar-refractivity contribution in [2.45, 2.75) is 6.42 Å². The SMILES string of the molecule is COc1ncnc(OC)c1C(=O)NCCc1ccc(OCC(=O)O)cc1. The van der Waals surface area contributed by atoms with E-state index in [9.17, 15) is 9.59 Å². The van der Waals surface area contributed by atoms with Gasteiger partial charge in [0.05, 0.1) is 14.2 Å². The van der Waals surface area contributed by atoms with Gasteiger partial charge in [-0.05, 0) is 24.1 Å². The Morgan fingerprint density at radius 3 is 2.23 bits per heavy atom. The molecular formula is C17H19N3O6. The number of carboxylic acids is 1. The van der Waals surface area contributed by atoms with Crippen LogP contribution in [-0.4, -0.2) is 54.3 Å². The molecule has 0 atom stereocenters. The van der Waals surface area contributed by atoms with Gasteiger partial charge >= 0.3 is 5.97 Å². The second kappa shape index (κ2) is 9.21. The molecule has 2 rings (SSSR count). The third-order valence-corrected chi connectivity index (χ3v) is 3.38. The molecule has 2 N–H and O–H groups in total. The lowest BCUT2D eigenvalue weighted by atomic mass is 10.1. The van der Waals surface area contributed by atoms with Gasteiger partial charge in [-0.15, -0.1) is 0 Å². The number of rotatable bonds is 9. The quantitative estimate of drug-likeness (QED) is 0.677. The lowest BCUT2D eigenvalue weighted by Gasteiger charge is -2.11. The van der Waals surface area contributed by atoms with Crippen LogP contribution in [0.15, 0.2) is 30.6 Å². The highest BCUT2D eigenvalue weighted by molar-refractivity contribution is 5.98. The van der Waals surface area contributed by atoms with Crippen molar-refractivity contribution in [3.63, 3.8) is 0 Å².